The highest BCUT2D eigenvalue weighted by Crippen LogP contribution is 2.42. The minimum atomic E-state index is -4.47. The monoisotopic (exact) mass is 373 g/mol. The molecular formula is C15H11ClF3N3OS. The van der Waals surface area contributed by atoms with Gasteiger partial charge in [0.2, 0.25) is 11.0 Å². The zero-order valence-corrected chi connectivity index (χ0v) is 13.7. The van der Waals surface area contributed by atoms with Gasteiger partial charge in [0.25, 0.3) is 0 Å². The van der Waals surface area contributed by atoms with E-state index < -0.39 is 17.6 Å². The molecule has 1 saturated carbocycles. The fraction of sp³-hybridized carbons (Fsp3) is 0.267. The highest BCUT2D eigenvalue weighted by atomic mass is 35.5. The molecule has 4 nitrogen and oxygen atoms in total. The first-order valence-electron chi connectivity index (χ1n) is 7.02. The van der Waals surface area contributed by atoms with E-state index in [9.17, 15) is 18.0 Å². The molecule has 1 N–H and O–H groups in total. The number of alkyl halides is 3. The van der Waals surface area contributed by atoms with Gasteiger partial charge in [-0.1, -0.05) is 22.9 Å². The summed E-state index contributed by atoms with van der Waals surface area (Å²) in [6, 6.07) is 2.93. The minimum absolute atomic E-state index is 0.109. The van der Waals surface area contributed by atoms with Crippen LogP contribution in [0.15, 0.2) is 24.3 Å². The molecule has 1 aliphatic carbocycles. The van der Waals surface area contributed by atoms with Gasteiger partial charge in [0.05, 0.1) is 5.56 Å². The third-order valence-corrected chi connectivity index (χ3v) is 4.68. The molecule has 0 saturated heterocycles. The van der Waals surface area contributed by atoms with E-state index in [1.807, 2.05) is 0 Å². The molecule has 126 valence electrons. The molecule has 1 heterocycles. The van der Waals surface area contributed by atoms with Crippen LogP contribution in [0.2, 0.25) is 5.02 Å². The highest BCUT2D eigenvalue weighted by Gasteiger charge is 2.30. The summed E-state index contributed by atoms with van der Waals surface area (Å²) in [4.78, 5) is 11.8. The summed E-state index contributed by atoms with van der Waals surface area (Å²) < 4.78 is 38.1. The number of hydrogen-bond donors (Lipinski definition) is 1. The maximum absolute atomic E-state index is 12.7. The molecule has 0 bridgehead atoms. The summed E-state index contributed by atoms with van der Waals surface area (Å²) in [7, 11) is 0. The normalized spacial score (nSPS) is 15.0. The Balaban J connectivity index is 1.68. The predicted molar refractivity (Wildman–Crippen MR) is 86.0 cm³/mol. The second-order valence-corrected chi connectivity index (χ2v) is 6.69. The zero-order valence-electron chi connectivity index (χ0n) is 12.1. The van der Waals surface area contributed by atoms with Gasteiger partial charge in [-0.2, -0.15) is 13.2 Å². The summed E-state index contributed by atoms with van der Waals surface area (Å²) in [5.41, 5.74) is -0.720. The van der Waals surface area contributed by atoms with Crippen molar-refractivity contribution in [1.29, 1.82) is 0 Å². The van der Waals surface area contributed by atoms with Crippen LogP contribution in [-0.4, -0.2) is 16.1 Å². The Bertz CT molecular complexity index is 800. The predicted octanol–water partition coefficient (Wildman–Crippen LogP) is 4.74. The Morgan fingerprint density at radius 3 is 2.75 bits per heavy atom. The Morgan fingerprint density at radius 2 is 2.08 bits per heavy atom. The van der Waals surface area contributed by atoms with Crippen molar-refractivity contribution in [3.05, 3.63) is 45.4 Å². The van der Waals surface area contributed by atoms with Gasteiger partial charge < -0.3 is 0 Å². The lowest BCUT2D eigenvalue weighted by molar-refractivity contribution is -0.137. The number of carbonyl (C=O) groups excluding carboxylic acids is 1. The molecular weight excluding hydrogens is 363 g/mol. The number of anilines is 1. The number of rotatable bonds is 4. The van der Waals surface area contributed by atoms with Crippen LogP contribution in [0.4, 0.5) is 18.3 Å². The van der Waals surface area contributed by atoms with Gasteiger partial charge in [-0.25, -0.2) is 0 Å². The van der Waals surface area contributed by atoms with Crippen LogP contribution < -0.4 is 5.32 Å². The first-order valence-corrected chi connectivity index (χ1v) is 8.21. The van der Waals surface area contributed by atoms with E-state index in [0.29, 0.717) is 11.0 Å². The molecule has 1 aromatic heterocycles. The lowest BCUT2D eigenvalue weighted by atomic mass is 10.1. The summed E-state index contributed by atoms with van der Waals surface area (Å²) >= 11 is 7.16. The van der Waals surface area contributed by atoms with Crippen LogP contribution in [0.1, 0.15) is 34.9 Å². The molecule has 24 heavy (non-hydrogen) atoms. The number of benzene rings is 1. The summed E-state index contributed by atoms with van der Waals surface area (Å²) in [5, 5.41) is 11.8. The molecule has 0 radical (unpaired) electrons. The molecule has 3 rings (SSSR count). The van der Waals surface area contributed by atoms with E-state index in [-0.39, 0.29) is 10.6 Å². The average Bonchev–Trinajstić information content (AvgIpc) is 3.26. The van der Waals surface area contributed by atoms with E-state index >= 15 is 0 Å². The van der Waals surface area contributed by atoms with Crippen LogP contribution in [0.5, 0.6) is 0 Å². The fourth-order valence-electron chi connectivity index (χ4n) is 1.94. The lowest BCUT2D eigenvalue weighted by Crippen LogP contribution is -2.07. The molecule has 9 heteroatoms. The van der Waals surface area contributed by atoms with Crippen molar-refractivity contribution in [2.24, 2.45) is 0 Å². The van der Waals surface area contributed by atoms with E-state index in [2.05, 4.69) is 15.5 Å². The SMILES string of the molecule is O=C(/C=C/c1cc(C(F)(F)F)ccc1Cl)Nc1nnc(C2CC2)s1. The van der Waals surface area contributed by atoms with Crippen molar-refractivity contribution < 1.29 is 18.0 Å². The van der Waals surface area contributed by atoms with Crippen LogP contribution >= 0.6 is 22.9 Å². The third-order valence-electron chi connectivity index (χ3n) is 3.33. The molecule has 2 aromatic rings. The average molecular weight is 374 g/mol. The molecule has 1 aromatic carbocycles. The van der Waals surface area contributed by atoms with Crippen molar-refractivity contribution in [3.8, 4) is 0 Å². The second-order valence-electron chi connectivity index (χ2n) is 5.28. The Kier molecular flexibility index (Phi) is 4.60. The van der Waals surface area contributed by atoms with E-state index in [0.717, 1.165) is 42.1 Å². The van der Waals surface area contributed by atoms with Gasteiger partial charge in [-0.15, -0.1) is 10.2 Å². The lowest BCUT2D eigenvalue weighted by Gasteiger charge is -2.08. The zero-order chi connectivity index (χ0) is 17.3. The summed E-state index contributed by atoms with van der Waals surface area (Å²) in [5.74, 6) is -0.0745. The van der Waals surface area contributed by atoms with Crippen molar-refractivity contribution in [2.75, 3.05) is 5.32 Å². The van der Waals surface area contributed by atoms with Gasteiger partial charge in [0.1, 0.15) is 5.01 Å². The Hall–Kier alpha value is -1.93. The van der Waals surface area contributed by atoms with Gasteiger partial charge >= 0.3 is 6.18 Å². The maximum atomic E-state index is 12.7. The van der Waals surface area contributed by atoms with Gasteiger partial charge in [-0.3, -0.25) is 10.1 Å². The number of nitrogens with one attached hydrogen (secondary N) is 1. The highest BCUT2D eigenvalue weighted by molar-refractivity contribution is 7.15. The first-order chi connectivity index (χ1) is 11.3. The molecule has 0 spiro atoms. The van der Waals surface area contributed by atoms with Gasteiger partial charge in [0, 0.05) is 17.0 Å². The Labute approximate surface area is 144 Å². The Morgan fingerprint density at radius 1 is 1.33 bits per heavy atom. The number of amides is 1. The van der Waals surface area contributed by atoms with Crippen LogP contribution in [0.25, 0.3) is 6.08 Å². The van der Waals surface area contributed by atoms with Crippen LogP contribution in [0, 0.1) is 0 Å². The topological polar surface area (TPSA) is 54.9 Å². The quantitative estimate of drug-likeness (QED) is 0.787. The molecule has 0 aliphatic heterocycles. The van der Waals surface area contributed by atoms with E-state index in [4.69, 9.17) is 11.6 Å². The number of carbonyl (C=O) groups is 1. The van der Waals surface area contributed by atoms with Crippen LogP contribution in [-0.2, 0) is 11.0 Å². The number of hydrogen-bond acceptors (Lipinski definition) is 4. The van der Waals surface area contributed by atoms with Crippen LogP contribution in [0.3, 0.4) is 0 Å². The van der Waals surface area contributed by atoms with Gasteiger partial charge in [0.15, 0.2) is 0 Å². The molecule has 1 amide bonds. The molecule has 0 atom stereocenters. The van der Waals surface area contributed by atoms with E-state index in [1.54, 1.807) is 0 Å². The minimum Gasteiger partial charge on any atom is -0.297 e. The standard InChI is InChI=1S/C15H11ClF3N3OS/c16-11-5-4-10(15(17,18)19)7-9(11)3-6-12(23)20-14-22-21-13(24-14)8-1-2-8/h3-8H,1-2H2,(H,20,22,23)/b6-3+. The molecule has 1 fully saturated rings. The number of halogens is 4. The third kappa shape index (κ3) is 4.12. The molecule has 1 aliphatic rings. The van der Waals surface area contributed by atoms with Crippen molar-refractivity contribution in [3.63, 3.8) is 0 Å². The number of nitrogens with zero attached hydrogens (tertiary/aromatic N) is 2. The smallest absolute Gasteiger partial charge is 0.297 e. The summed E-state index contributed by atoms with van der Waals surface area (Å²) in [6.07, 6.45) is 0.0313. The second kappa shape index (κ2) is 6.52. The largest absolute Gasteiger partial charge is 0.416 e. The van der Waals surface area contributed by atoms with E-state index in [1.165, 1.54) is 17.4 Å². The fourth-order valence-corrected chi connectivity index (χ4v) is 3.04. The number of aromatic nitrogens is 2. The maximum Gasteiger partial charge on any atom is 0.416 e. The van der Waals surface area contributed by atoms with Gasteiger partial charge in [-0.05, 0) is 42.7 Å². The van der Waals surface area contributed by atoms with Crippen molar-refractivity contribution in [1.82, 2.24) is 10.2 Å². The van der Waals surface area contributed by atoms with Crippen molar-refractivity contribution >= 4 is 40.1 Å². The first kappa shape index (κ1) is 16.9. The molecule has 0 unspecified atom stereocenters. The van der Waals surface area contributed by atoms with Crippen molar-refractivity contribution in [2.45, 2.75) is 24.9 Å². The summed E-state index contributed by atoms with van der Waals surface area (Å²) in [6.45, 7) is 0.